The molecule has 0 spiro atoms. The number of nitrogens with zero attached hydrogens (tertiary/aromatic N) is 3. The minimum Gasteiger partial charge on any atom is -0.488 e. The van der Waals surface area contributed by atoms with Crippen molar-refractivity contribution in [1.82, 2.24) is 24.8 Å². The summed E-state index contributed by atoms with van der Waals surface area (Å²) in [6.45, 7) is 8.49. The molecule has 4 N–H and O–H groups in total. The Labute approximate surface area is 255 Å². The molecule has 44 heavy (non-hydrogen) atoms. The summed E-state index contributed by atoms with van der Waals surface area (Å²) >= 11 is 0. The molecule has 1 amide bonds. The van der Waals surface area contributed by atoms with Crippen molar-refractivity contribution in [2.24, 2.45) is 0 Å². The van der Waals surface area contributed by atoms with Gasteiger partial charge >= 0.3 is 12.1 Å². The fraction of sp³-hybridized carbons (Fsp3) is 0.364. The first-order valence-electron chi connectivity index (χ1n) is 14.8. The van der Waals surface area contributed by atoms with Crippen molar-refractivity contribution in [3.8, 4) is 39.4 Å². The molecule has 0 radical (unpaired) electrons. The topological polar surface area (TPSA) is 157 Å². The second-order valence-electron chi connectivity index (χ2n) is 12.2. The molecule has 0 saturated carbocycles. The van der Waals surface area contributed by atoms with Crippen LogP contribution in [0.1, 0.15) is 76.1 Å². The number of H-pyrrole nitrogens is 2. The van der Waals surface area contributed by atoms with Crippen molar-refractivity contribution < 1.29 is 24.2 Å². The van der Waals surface area contributed by atoms with Crippen molar-refractivity contribution in [3.05, 3.63) is 66.0 Å². The van der Waals surface area contributed by atoms with Crippen LogP contribution in [0.3, 0.4) is 0 Å². The Hall–Kier alpha value is -4.93. The Morgan fingerprint density at radius 1 is 1.09 bits per heavy atom. The fourth-order valence-corrected chi connectivity index (χ4v) is 5.92. The number of carbonyl (C=O) groups excluding carboxylic acids is 1. The molecule has 2 atom stereocenters. The van der Waals surface area contributed by atoms with Crippen molar-refractivity contribution >= 4 is 17.8 Å². The molecule has 2 aliphatic heterocycles. The van der Waals surface area contributed by atoms with E-state index < -0.39 is 17.5 Å². The number of hydrogen-bond acceptors (Lipinski definition) is 7. The number of imidazole rings is 2. The number of carboxylic acids is 1. The molecule has 11 heteroatoms. The maximum atomic E-state index is 12.8. The molecule has 4 aromatic rings. The van der Waals surface area contributed by atoms with E-state index in [2.05, 4.69) is 38.1 Å². The Morgan fingerprint density at radius 3 is 2.52 bits per heavy atom. The van der Waals surface area contributed by atoms with E-state index in [9.17, 15) is 14.7 Å². The second kappa shape index (κ2) is 11.3. The smallest absolute Gasteiger partial charge is 0.410 e. The Bertz CT molecular complexity index is 1750. The highest BCUT2D eigenvalue weighted by atomic mass is 16.6. The highest BCUT2D eigenvalue weighted by Gasteiger charge is 2.35. The molecule has 4 heterocycles. The number of ether oxygens (including phenoxy) is 2. The minimum absolute atomic E-state index is 0.149. The monoisotopic (exact) mass is 596 g/mol. The first kappa shape index (κ1) is 29.2. The number of amides is 1. The quantitative estimate of drug-likeness (QED) is 0.173. The third kappa shape index (κ3) is 5.57. The molecule has 228 valence electrons. The number of aromatic amines is 2. The van der Waals surface area contributed by atoms with Crippen LogP contribution in [0, 0.1) is 5.41 Å². The number of nitrogens with one attached hydrogen (secondary N) is 3. The number of rotatable bonds is 7. The van der Waals surface area contributed by atoms with Crippen LogP contribution < -0.4 is 4.74 Å². The third-order valence-corrected chi connectivity index (χ3v) is 8.09. The summed E-state index contributed by atoms with van der Waals surface area (Å²) in [4.78, 5) is 41.5. The van der Waals surface area contributed by atoms with E-state index in [1.807, 2.05) is 52.1 Å². The average Bonchev–Trinajstić information content (AvgIpc) is 3.77. The van der Waals surface area contributed by atoms with E-state index in [0.717, 1.165) is 63.6 Å². The van der Waals surface area contributed by atoms with E-state index in [4.69, 9.17) is 14.9 Å². The molecular weight excluding hydrogens is 560 g/mol. The predicted octanol–water partition coefficient (Wildman–Crippen LogP) is 6.70. The zero-order valence-corrected chi connectivity index (χ0v) is 25.2. The number of carbonyl (C=O) groups is 2. The summed E-state index contributed by atoms with van der Waals surface area (Å²) in [5.41, 5.74) is 5.61. The molecule has 2 aliphatic rings. The van der Waals surface area contributed by atoms with Gasteiger partial charge in [-0.1, -0.05) is 25.1 Å². The molecule has 1 fully saturated rings. The molecule has 2 aromatic heterocycles. The van der Waals surface area contributed by atoms with Gasteiger partial charge in [-0.05, 0) is 74.9 Å². The van der Waals surface area contributed by atoms with Crippen LogP contribution in [0.5, 0.6) is 5.75 Å². The minimum atomic E-state index is -1.24. The molecule has 1 saturated heterocycles. The van der Waals surface area contributed by atoms with Gasteiger partial charge in [-0.2, -0.15) is 0 Å². The van der Waals surface area contributed by atoms with Gasteiger partial charge in [0.2, 0.25) is 0 Å². The maximum absolute atomic E-state index is 12.8. The Morgan fingerprint density at radius 2 is 1.80 bits per heavy atom. The van der Waals surface area contributed by atoms with Crippen LogP contribution in [0.25, 0.3) is 33.6 Å². The number of benzene rings is 2. The summed E-state index contributed by atoms with van der Waals surface area (Å²) in [6, 6.07) is 12.0. The number of hydrogen-bond donors (Lipinski definition) is 4. The lowest BCUT2D eigenvalue weighted by Gasteiger charge is -2.27. The zero-order chi connectivity index (χ0) is 31.2. The Kier molecular flexibility index (Phi) is 7.48. The molecule has 0 bridgehead atoms. The molecule has 0 aliphatic carbocycles. The van der Waals surface area contributed by atoms with Gasteiger partial charge in [0.1, 0.15) is 35.3 Å². The fourth-order valence-electron chi connectivity index (χ4n) is 5.92. The number of aromatic nitrogens is 4. The first-order valence-corrected chi connectivity index (χ1v) is 14.8. The van der Waals surface area contributed by atoms with Gasteiger partial charge in [0.25, 0.3) is 0 Å². The zero-order valence-electron chi connectivity index (χ0n) is 25.2. The summed E-state index contributed by atoms with van der Waals surface area (Å²) in [5.74, 6) is 0.104. The van der Waals surface area contributed by atoms with Gasteiger partial charge in [-0.25, -0.2) is 19.6 Å². The number of carboxylic acid groups (broad SMARTS) is 1. The standard InChI is InChI=1S/C33H36N6O5/c1-5-21(28(34)31(40)41)29-35-15-25(37-29)19-9-11-23-22-10-8-18(13-20(22)17-43-27(23)14-19)24-16-36-30(38-24)26-7-6-12-39(26)32(42)44-33(2,3)4/h8-11,13-16,21,26,34H,5-7,12,17H2,1-4H3,(H,35,37)(H,36,38)(H,40,41). The van der Waals surface area contributed by atoms with Crippen LogP contribution in [0.2, 0.25) is 0 Å². The summed E-state index contributed by atoms with van der Waals surface area (Å²) in [5, 5.41) is 17.2. The van der Waals surface area contributed by atoms with Crippen molar-refractivity contribution in [2.45, 2.75) is 71.1 Å². The highest BCUT2D eigenvalue weighted by Crippen LogP contribution is 2.41. The molecule has 11 nitrogen and oxygen atoms in total. The lowest BCUT2D eigenvalue weighted by atomic mass is 9.93. The lowest BCUT2D eigenvalue weighted by Crippen LogP contribution is -2.36. The van der Waals surface area contributed by atoms with E-state index in [0.29, 0.717) is 25.4 Å². The van der Waals surface area contributed by atoms with E-state index >= 15 is 0 Å². The van der Waals surface area contributed by atoms with E-state index in [-0.39, 0.29) is 17.8 Å². The van der Waals surface area contributed by atoms with Crippen LogP contribution in [-0.4, -0.2) is 59.9 Å². The van der Waals surface area contributed by atoms with Gasteiger partial charge in [-0.15, -0.1) is 0 Å². The summed E-state index contributed by atoms with van der Waals surface area (Å²) in [7, 11) is 0. The largest absolute Gasteiger partial charge is 0.488 e. The highest BCUT2D eigenvalue weighted by molar-refractivity contribution is 6.36. The normalized spacial score (nSPS) is 16.5. The number of aliphatic carboxylic acids is 1. The van der Waals surface area contributed by atoms with Crippen LogP contribution >= 0.6 is 0 Å². The average molecular weight is 597 g/mol. The lowest BCUT2D eigenvalue weighted by molar-refractivity contribution is -0.129. The van der Waals surface area contributed by atoms with Crippen molar-refractivity contribution in [2.75, 3.05) is 6.54 Å². The predicted molar refractivity (Wildman–Crippen MR) is 165 cm³/mol. The van der Waals surface area contributed by atoms with E-state index in [1.54, 1.807) is 11.1 Å². The Balaban J connectivity index is 1.21. The number of likely N-dealkylation sites (tertiary alicyclic amines) is 1. The molecule has 2 unspecified atom stereocenters. The number of fused-ring (bicyclic) bond motifs is 3. The second-order valence-corrected chi connectivity index (χ2v) is 12.2. The van der Waals surface area contributed by atoms with Gasteiger partial charge < -0.3 is 24.5 Å². The first-order chi connectivity index (χ1) is 21.0. The molecule has 2 aromatic carbocycles. The van der Waals surface area contributed by atoms with Gasteiger partial charge in [0.15, 0.2) is 0 Å². The van der Waals surface area contributed by atoms with Crippen LogP contribution in [0.15, 0.2) is 48.8 Å². The van der Waals surface area contributed by atoms with Crippen LogP contribution in [0.4, 0.5) is 4.79 Å². The van der Waals surface area contributed by atoms with Gasteiger partial charge in [0.05, 0.1) is 35.7 Å². The van der Waals surface area contributed by atoms with Crippen LogP contribution in [-0.2, 0) is 16.1 Å². The van der Waals surface area contributed by atoms with Gasteiger partial charge in [0, 0.05) is 17.7 Å². The maximum Gasteiger partial charge on any atom is 0.410 e. The van der Waals surface area contributed by atoms with Crippen molar-refractivity contribution in [3.63, 3.8) is 0 Å². The molecule has 6 rings (SSSR count). The van der Waals surface area contributed by atoms with Crippen molar-refractivity contribution in [1.29, 1.82) is 5.41 Å². The molecular formula is C33H36N6O5. The van der Waals surface area contributed by atoms with E-state index in [1.165, 1.54) is 0 Å². The summed E-state index contributed by atoms with van der Waals surface area (Å²) in [6.07, 6.45) is 5.33. The third-order valence-electron chi connectivity index (χ3n) is 8.09. The SMILES string of the molecule is CCC(C(=N)C(=O)O)c1ncc(-c2ccc3c(c2)OCc2cc(-c4cnc(C5CCCN5C(=O)OC(C)(C)C)[nH]4)ccc2-3)[nH]1. The van der Waals surface area contributed by atoms with Gasteiger partial charge in [-0.3, -0.25) is 10.3 Å². The summed E-state index contributed by atoms with van der Waals surface area (Å²) < 4.78 is 11.8.